The number of rotatable bonds is 4. The number of carbonyl (C=O) groups is 1. The molecule has 98 valence electrons. The summed E-state index contributed by atoms with van der Waals surface area (Å²) in [5, 5.41) is 6.15. The number of pyridine rings is 1. The third-order valence-corrected chi connectivity index (χ3v) is 2.93. The highest BCUT2D eigenvalue weighted by molar-refractivity contribution is 5.77. The van der Waals surface area contributed by atoms with Crippen LogP contribution < -0.4 is 15.5 Å². The topological polar surface area (TPSA) is 57.3 Å². The maximum absolute atomic E-state index is 11.3. The molecule has 2 N–H and O–H groups in total. The Labute approximate surface area is 108 Å². The minimum Gasteiger partial charge on any atom is -0.370 e. The monoisotopic (exact) mass is 248 g/mol. The highest BCUT2D eigenvalue weighted by Gasteiger charge is 2.14. The molecule has 1 fully saturated rings. The van der Waals surface area contributed by atoms with Gasteiger partial charge in [-0.05, 0) is 18.6 Å². The quantitative estimate of drug-likeness (QED) is 0.841. The Hall–Kier alpha value is -1.78. The van der Waals surface area contributed by atoms with Crippen LogP contribution in [0.25, 0.3) is 0 Å². The van der Waals surface area contributed by atoms with Crippen molar-refractivity contribution in [2.75, 3.05) is 36.4 Å². The maximum Gasteiger partial charge on any atom is 0.221 e. The summed E-state index contributed by atoms with van der Waals surface area (Å²) in [6.07, 6.45) is 1.61. The molecule has 0 radical (unpaired) electrons. The second-order valence-corrected chi connectivity index (χ2v) is 4.39. The Kier molecular flexibility index (Phi) is 4.39. The Balaban J connectivity index is 2.04. The maximum atomic E-state index is 11.3. The zero-order valence-corrected chi connectivity index (χ0v) is 10.8. The van der Waals surface area contributed by atoms with Crippen LogP contribution >= 0.6 is 0 Å². The van der Waals surface area contributed by atoms with Gasteiger partial charge in [0.2, 0.25) is 5.91 Å². The van der Waals surface area contributed by atoms with Crippen molar-refractivity contribution in [3.8, 4) is 0 Å². The van der Waals surface area contributed by atoms with Crippen molar-refractivity contribution < 1.29 is 4.79 Å². The lowest BCUT2D eigenvalue weighted by molar-refractivity contribution is -0.120. The van der Waals surface area contributed by atoms with Crippen LogP contribution in [0.4, 0.5) is 11.6 Å². The zero-order valence-electron chi connectivity index (χ0n) is 10.8. The van der Waals surface area contributed by atoms with E-state index in [1.165, 1.54) is 0 Å². The van der Waals surface area contributed by atoms with Crippen molar-refractivity contribution in [2.24, 2.45) is 0 Å². The number of carbonyl (C=O) groups excluding carboxylic acids is 1. The molecule has 1 aliphatic rings. The second kappa shape index (κ2) is 6.23. The summed E-state index contributed by atoms with van der Waals surface area (Å²) in [4.78, 5) is 18.0. The van der Waals surface area contributed by atoms with Crippen molar-refractivity contribution in [1.29, 1.82) is 0 Å². The minimum atomic E-state index is 0.123. The minimum absolute atomic E-state index is 0.123. The molecule has 5 nitrogen and oxygen atoms in total. The zero-order chi connectivity index (χ0) is 12.8. The molecule has 2 heterocycles. The van der Waals surface area contributed by atoms with E-state index in [-0.39, 0.29) is 5.91 Å². The number of hydrogen-bond donors (Lipinski definition) is 2. The van der Waals surface area contributed by atoms with Gasteiger partial charge in [-0.15, -0.1) is 0 Å². The predicted octanol–water partition coefficient (Wildman–Crippen LogP) is 1.23. The molecule has 1 aromatic rings. The third kappa shape index (κ3) is 3.35. The summed E-state index contributed by atoms with van der Waals surface area (Å²) in [5.41, 5.74) is 0. The van der Waals surface area contributed by atoms with Gasteiger partial charge in [0.15, 0.2) is 0 Å². The molecule has 0 saturated carbocycles. The number of nitrogens with zero attached hydrogens (tertiary/aromatic N) is 2. The van der Waals surface area contributed by atoms with Crippen LogP contribution in [0.3, 0.4) is 0 Å². The summed E-state index contributed by atoms with van der Waals surface area (Å²) in [6.45, 7) is 5.29. The lowest BCUT2D eigenvalue weighted by Gasteiger charge is -2.21. The summed E-state index contributed by atoms with van der Waals surface area (Å²) >= 11 is 0. The van der Waals surface area contributed by atoms with E-state index >= 15 is 0 Å². The van der Waals surface area contributed by atoms with E-state index in [0.29, 0.717) is 13.0 Å². The fourth-order valence-electron chi connectivity index (χ4n) is 1.95. The standard InChI is InChI=1S/C13H20N4O/c1-2-7-14-11-4-3-5-12(16-11)17-9-6-13(18)15-8-10-17/h3-5H,2,6-10H2,1H3,(H,14,16)(H,15,18). The first-order chi connectivity index (χ1) is 8.79. The second-order valence-electron chi connectivity index (χ2n) is 4.39. The summed E-state index contributed by atoms with van der Waals surface area (Å²) in [5.74, 6) is 1.96. The van der Waals surface area contributed by atoms with Crippen molar-refractivity contribution in [2.45, 2.75) is 19.8 Å². The molecule has 0 aliphatic carbocycles. The number of nitrogens with one attached hydrogen (secondary N) is 2. The fourth-order valence-corrected chi connectivity index (χ4v) is 1.95. The normalized spacial score (nSPS) is 16.1. The molecule has 1 amide bonds. The Morgan fingerprint density at radius 3 is 3.17 bits per heavy atom. The van der Waals surface area contributed by atoms with Crippen LogP contribution in [-0.4, -0.2) is 37.1 Å². The number of amides is 1. The average molecular weight is 248 g/mol. The molecule has 1 aromatic heterocycles. The van der Waals surface area contributed by atoms with E-state index in [4.69, 9.17) is 0 Å². The first-order valence-electron chi connectivity index (χ1n) is 6.52. The molecule has 1 aliphatic heterocycles. The van der Waals surface area contributed by atoms with E-state index in [1.807, 2.05) is 18.2 Å². The number of anilines is 2. The average Bonchev–Trinajstić information content (AvgIpc) is 2.61. The molecule has 1 saturated heterocycles. The van der Waals surface area contributed by atoms with Crippen molar-refractivity contribution in [3.05, 3.63) is 18.2 Å². The molecule has 5 heteroatoms. The van der Waals surface area contributed by atoms with E-state index in [1.54, 1.807) is 0 Å². The van der Waals surface area contributed by atoms with Gasteiger partial charge < -0.3 is 15.5 Å². The van der Waals surface area contributed by atoms with E-state index in [2.05, 4.69) is 27.4 Å². The van der Waals surface area contributed by atoms with E-state index in [0.717, 1.165) is 37.7 Å². The summed E-state index contributed by atoms with van der Waals surface area (Å²) in [6, 6.07) is 5.97. The van der Waals surface area contributed by atoms with Crippen molar-refractivity contribution in [3.63, 3.8) is 0 Å². The highest BCUT2D eigenvalue weighted by Crippen LogP contribution is 2.15. The van der Waals surface area contributed by atoms with Gasteiger partial charge in [0.1, 0.15) is 11.6 Å². The summed E-state index contributed by atoms with van der Waals surface area (Å²) in [7, 11) is 0. The molecule has 0 atom stereocenters. The molecule has 2 rings (SSSR count). The van der Waals surface area contributed by atoms with Gasteiger partial charge in [-0.1, -0.05) is 13.0 Å². The Bertz CT molecular complexity index is 408. The Morgan fingerprint density at radius 2 is 2.33 bits per heavy atom. The SMILES string of the molecule is CCCNc1cccc(N2CCNC(=O)CC2)n1. The summed E-state index contributed by atoms with van der Waals surface area (Å²) < 4.78 is 0. The van der Waals surface area contributed by atoms with Crippen LogP contribution in [0.1, 0.15) is 19.8 Å². The molecule has 0 bridgehead atoms. The lowest BCUT2D eigenvalue weighted by atomic mass is 10.3. The molecular formula is C13H20N4O. The van der Waals surface area contributed by atoms with Crippen LogP contribution in [0.5, 0.6) is 0 Å². The van der Waals surface area contributed by atoms with Gasteiger partial charge in [-0.25, -0.2) is 4.98 Å². The third-order valence-electron chi connectivity index (χ3n) is 2.93. The largest absolute Gasteiger partial charge is 0.370 e. The molecule has 0 spiro atoms. The highest BCUT2D eigenvalue weighted by atomic mass is 16.1. The van der Waals surface area contributed by atoms with Crippen LogP contribution in [0.2, 0.25) is 0 Å². The molecule has 0 unspecified atom stereocenters. The number of hydrogen-bond acceptors (Lipinski definition) is 4. The molecule has 0 aromatic carbocycles. The van der Waals surface area contributed by atoms with Crippen LogP contribution in [0, 0.1) is 0 Å². The van der Waals surface area contributed by atoms with Crippen LogP contribution in [-0.2, 0) is 4.79 Å². The predicted molar refractivity (Wildman–Crippen MR) is 72.9 cm³/mol. The first-order valence-corrected chi connectivity index (χ1v) is 6.52. The van der Waals surface area contributed by atoms with Gasteiger partial charge in [0.05, 0.1) is 0 Å². The van der Waals surface area contributed by atoms with Gasteiger partial charge in [-0.3, -0.25) is 4.79 Å². The lowest BCUT2D eigenvalue weighted by Crippen LogP contribution is -2.29. The van der Waals surface area contributed by atoms with Crippen molar-refractivity contribution in [1.82, 2.24) is 10.3 Å². The van der Waals surface area contributed by atoms with Gasteiger partial charge in [0, 0.05) is 32.6 Å². The smallest absolute Gasteiger partial charge is 0.221 e. The van der Waals surface area contributed by atoms with Gasteiger partial charge in [0.25, 0.3) is 0 Å². The van der Waals surface area contributed by atoms with Gasteiger partial charge in [-0.2, -0.15) is 0 Å². The van der Waals surface area contributed by atoms with Gasteiger partial charge >= 0.3 is 0 Å². The van der Waals surface area contributed by atoms with E-state index in [9.17, 15) is 4.79 Å². The van der Waals surface area contributed by atoms with Crippen LogP contribution in [0.15, 0.2) is 18.2 Å². The fraction of sp³-hybridized carbons (Fsp3) is 0.538. The first kappa shape index (κ1) is 12.7. The van der Waals surface area contributed by atoms with Crippen molar-refractivity contribution >= 4 is 17.5 Å². The molecular weight excluding hydrogens is 228 g/mol. The number of aromatic nitrogens is 1. The van der Waals surface area contributed by atoms with E-state index < -0.39 is 0 Å². The molecule has 18 heavy (non-hydrogen) atoms. The Morgan fingerprint density at radius 1 is 1.44 bits per heavy atom.